The van der Waals surface area contributed by atoms with Crippen LogP contribution in [0.4, 0.5) is 5.69 Å². The summed E-state index contributed by atoms with van der Waals surface area (Å²) in [6.45, 7) is 2.26. The van der Waals surface area contributed by atoms with Gasteiger partial charge in [-0.1, -0.05) is 19.1 Å². The molecule has 0 fully saturated rings. The highest BCUT2D eigenvalue weighted by Gasteiger charge is 2.14. The quantitative estimate of drug-likeness (QED) is 0.922. The van der Waals surface area contributed by atoms with Gasteiger partial charge in [-0.05, 0) is 36.2 Å². The van der Waals surface area contributed by atoms with Gasteiger partial charge in [0.25, 0.3) is 5.91 Å². The Bertz CT molecular complexity index is 667. The van der Waals surface area contributed by atoms with E-state index in [1.165, 1.54) is 5.56 Å². The van der Waals surface area contributed by atoms with E-state index in [1.807, 2.05) is 24.3 Å². The molecule has 5 nitrogen and oxygen atoms in total. The number of carbonyl (C=O) groups excluding carboxylic acids is 1. The number of benzene rings is 2. The van der Waals surface area contributed by atoms with Crippen molar-refractivity contribution >= 4 is 11.6 Å². The Morgan fingerprint density at radius 1 is 1.14 bits per heavy atom. The second-order valence-corrected chi connectivity index (χ2v) is 4.90. The van der Waals surface area contributed by atoms with Crippen LogP contribution in [0.15, 0.2) is 42.5 Å². The van der Waals surface area contributed by atoms with Crippen molar-refractivity contribution < 1.29 is 19.0 Å². The van der Waals surface area contributed by atoms with E-state index in [9.17, 15) is 4.79 Å². The summed E-state index contributed by atoms with van der Waals surface area (Å²) in [6.07, 6.45) is 0.977. The second kappa shape index (κ2) is 6.39. The molecule has 0 atom stereocenters. The highest BCUT2D eigenvalue weighted by Crippen LogP contribution is 2.34. The third-order valence-corrected chi connectivity index (χ3v) is 3.36. The van der Waals surface area contributed by atoms with E-state index in [0.717, 1.165) is 6.42 Å². The van der Waals surface area contributed by atoms with Crippen LogP contribution in [0.1, 0.15) is 12.5 Å². The van der Waals surface area contributed by atoms with Crippen molar-refractivity contribution in [3.63, 3.8) is 0 Å². The maximum atomic E-state index is 11.9. The summed E-state index contributed by atoms with van der Waals surface area (Å²) < 4.78 is 16.0. The number of carbonyl (C=O) groups is 1. The van der Waals surface area contributed by atoms with Crippen molar-refractivity contribution in [1.82, 2.24) is 0 Å². The summed E-state index contributed by atoms with van der Waals surface area (Å²) in [6, 6.07) is 13.0. The maximum absolute atomic E-state index is 11.9. The molecular formula is C17H17NO4. The zero-order chi connectivity index (χ0) is 15.4. The fourth-order valence-corrected chi connectivity index (χ4v) is 2.14. The van der Waals surface area contributed by atoms with E-state index in [-0.39, 0.29) is 19.3 Å². The van der Waals surface area contributed by atoms with Crippen LogP contribution in [0.5, 0.6) is 17.2 Å². The third kappa shape index (κ3) is 3.31. The molecule has 0 saturated heterocycles. The Morgan fingerprint density at radius 3 is 2.68 bits per heavy atom. The first kappa shape index (κ1) is 14.3. The molecule has 1 aliphatic rings. The minimum Gasteiger partial charge on any atom is -0.484 e. The lowest BCUT2D eigenvalue weighted by atomic mass is 10.2. The average Bonchev–Trinajstić information content (AvgIpc) is 3.01. The van der Waals surface area contributed by atoms with Gasteiger partial charge in [-0.15, -0.1) is 0 Å². The lowest BCUT2D eigenvalue weighted by molar-refractivity contribution is -0.118. The van der Waals surface area contributed by atoms with Crippen LogP contribution in [0, 0.1) is 0 Å². The van der Waals surface area contributed by atoms with E-state index in [2.05, 4.69) is 12.2 Å². The maximum Gasteiger partial charge on any atom is 0.262 e. The smallest absolute Gasteiger partial charge is 0.262 e. The van der Waals surface area contributed by atoms with Gasteiger partial charge in [0.2, 0.25) is 6.79 Å². The third-order valence-electron chi connectivity index (χ3n) is 3.36. The van der Waals surface area contributed by atoms with Gasteiger partial charge in [0, 0.05) is 11.8 Å². The van der Waals surface area contributed by atoms with Crippen LogP contribution in [0.2, 0.25) is 0 Å². The van der Waals surface area contributed by atoms with Gasteiger partial charge in [0.05, 0.1) is 0 Å². The topological polar surface area (TPSA) is 56.8 Å². The highest BCUT2D eigenvalue weighted by atomic mass is 16.7. The first-order chi connectivity index (χ1) is 10.7. The van der Waals surface area contributed by atoms with Gasteiger partial charge in [-0.2, -0.15) is 0 Å². The predicted octanol–water partition coefficient (Wildman–Crippen LogP) is 3.00. The molecule has 1 N–H and O–H groups in total. The Kier molecular flexibility index (Phi) is 4.14. The van der Waals surface area contributed by atoms with E-state index < -0.39 is 0 Å². The molecule has 1 aliphatic heterocycles. The average molecular weight is 299 g/mol. The molecule has 0 unspecified atom stereocenters. The molecule has 2 aromatic rings. The Labute approximate surface area is 128 Å². The molecule has 0 bridgehead atoms. The van der Waals surface area contributed by atoms with E-state index in [1.54, 1.807) is 18.2 Å². The molecule has 1 amide bonds. The minimum atomic E-state index is -0.224. The Morgan fingerprint density at radius 2 is 1.91 bits per heavy atom. The van der Waals surface area contributed by atoms with Crippen molar-refractivity contribution in [2.45, 2.75) is 13.3 Å². The lowest BCUT2D eigenvalue weighted by Crippen LogP contribution is -2.20. The fourth-order valence-electron chi connectivity index (χ4n) is 2.14. The molecular weight excluding hydrogens is 282 g/mol. The zero-order valence-corrected chi connectivity index (χ0v) is 12.3. The molecule has 2 aromatic carbocycles. The number of ether oxygens (including phenoxy) is 3. The van der Waals surface area contributed by atoms with Gasteiger partial charge in [0.15, 0.2) is 18.1 Å². The molecule has 0 radical (unpaired) electrons. The van der Waals surface area contributed by atoms with E-state index >= 15 is 0 Å². The second-order valence-electron chi connectivity index (χ2n) is 4.90. The lowest BCUT2D eigenvalue weighted by Gasteiger charge is -2.08. The van der Waals surface area contributed by atoms with Crippen LogP contribution in [0.25, 0.3) is 0 Å². The molecule has 5 heteroatoms. The molecule has 22 heavy (non-hydrogen) atoms. The zero-order valence-electron chi connectivity index (χ0n) is 12.3. The highest BCUT2D eigenvalue weighted by molar-refractivity contribution is 5.92. The number of hydrogen-bond donors (Lipinski definition) is 1. The molecule has 0 aromatic heterocycles. The summed E-state index contributed by atoms with van der Waals surface area (Å²) >= 11 is 0. The number of amides is 1. The minimum absolute atomic E-state index is 0.0418. The number of fused-ring (bicyclic) bond motifs is 1. The summed E-state index contributed by atoms with van der Waals surface area (Å²) in [7, 11) is 0. The number of nitrogens with one attached hydrogen (secondary N) is 1. The normalized spacial score (nSPS) is 12.0. The van der Waals surface area contributed by atoms with Gasteiger partial charge < -0.3 is 19.5 Å². The van der Waals surface area contributed by atoms with Gasteiger partial charge >= 0.3 is 0 Å². The standard InChI is InChI=1S/C17H17NO4/c1-2-12-3-6-14(7-4-12)20-10-17(19)18-13-5-8-15-16(9-13)22-11-21-15/h3-9H,2,10-11H2,1H3,(H,18,19). The summed E-state index contributed by atoms with van der Waals surface area (Å²) in [5, 5.41) is 2.76. The van der Waals surface area contributed by atoms with Crippen LogP contribution < -0.4 is 19.5 Å². The SMILES string of the molecule is CCc1ccc(OCC(=O)Nc2ccc3c(c2)OCO3)cc1. The fraction of sp³-hybridized carbons (Fsp3) is 0.235. The number of rotatable bonds is 5. The van der Waals surface area contributed by atoms with Gasteiger partial charge in [-0.3, -0.25) is 4.79 Å². The summed E-state index contributed by atoms with van der Waals surface area (Å²) in [5.41, 5.74) is 1.89. The van der Waals surface area contributed by atoms with Gasteiger partial charge in [0.1, 0.15) is 5.75 Å². The van der Waals surface area contributed by atoms with E-state index in [4.69, 9.17) is 14.2 Å². The first-order valence-electron chi connectivity index (χ1n) is 7.16. The molecule has 3 rings (SSSR count). The molecule has 114 valence electrons. The molecule has 1 heterocycles. The number of anilines is 1. The largest absolute Gasteiger partial charge is 0.484 e. The predicted molar refractivity (Wildman–Crippen MR) is 82.5 cm³/mol. The van der Waals surface area contributed by atoms with Crippen LogP contribution in [0.3, 0.4) is 0 Å². The Hall–Kier alpha value is -2.69. The van der Waals surface area contributed by atoms with Crippen LogP contribution in [-0.4, -0.2) is 19.3 Å². The van der Waals surface area contributed by atoms with Crippen LogP contribution >= 0.6 is 0 Å². The molecule has 0 spiro atoms. The van der Waals surface area contributed by atoms with Crippen molar-refractivity contribution in [3.8, 4) is 17.2 Å². The van der Waals surface area contributed by atoms with Crippen molar-refractivity contribution in [2.24, 2.45) is 0 Å². The summed E-state index contributed by atoms with van der Waals surface area (Å²) in [5.74, 6) is 1.77. The number of hydrogen-bond acceptors (Lipinski definition) is 4. The van der Waals surface area contributed by atoms with Crippen molar-refractivity contribution in [3.05, 3.63) is 48.0 Å². The van der Waals surface area contributed by atoms with Crippen LogP contribution in [-0.2, 0) is 11.2 Å². The first-order valence-corrected chi connectivity index (χ1v) is 7.16. The monoisotopic (exact) mass is 299 g/mol. The van der Waals surface area contributed by atoms with Crippen molar-refractivity contribution in [1.29, 1.82) is 0 Å². The molecule has 0 aliphatic carbocycles. The van der Waals surface area contributed by atoms with Crippen molar-refractivity contribution in [2.75, 3.05) is 18.7 Å². The summed E-state index contributed by atoms with van der Waals surface area (Å²) in [4.78, 5) is 11.9. The Balaban J connectivity index is 1.53. The number of aryl methyl sites for hydroxylation is 1. The van der Waals surface area contributed by atoms with E-state index in [0.29, 0.717) is 22.9 Å². The van der Waals surface area contributed by atoms with Gasteiger partial charge in [-0.25, -0.2) is 0 Å². The molecule has 0 saturated carbocycles.